The Hall–Kier alpha value is -1.51. The number of benzene rings is 1. The minimum atomic E-state index is -4.07. The van der Waals surface area contributed by atoms with Crippen molar-refractivity contribution in [3.8, 4) is 0 Å². The van der Waals surface area contributed by atoms with E-state index in [1.54, 1.807) is 0 Å². The molecule has 1 fully saturated rings. The average Bonchev–Trinajstić information content (AvgIpc) is 2.82. The number of halogens is 1. The van der Waals surface area contributed by atoms with Crippen molar-refractivity contribution in [1.29, 1.82) is 0 Å². The number of rotatable bonds is 3. The van der Waals surface area contributed by atoms with Gasteiger partial charge >= 0.3 is 5.97 Å². The first kappa shape index (κ1) is 12.9. The Morgan fingerprint density at radius 1 is 1.44 bits per heavy atom. The molecule has 0 saturated carbocycles. The van der Waals surface area contributed by atoms with Crippen LogP contribution in [0.5, 0.6) is 0 Å². The molecule has 0 spiro atoms. The van der Waals surface area contributed by atoms with E-state index in [1.165, 1.54) is 0 Å². The first-order chi connectivity index (χ1) is 8.43. The molecule has 0 unspecified atom stereocenters. The average molecular weight is 275 g/mol. The SMILES string of the molecule is O=C(O)c1ccc(S(=O)(=O)N2CCCO2)c(F)c1. The van der Waals surface area contributed by atoms with Crippen molar-refractivity contribution in [2.24, 2.45) is 0 Å². The van der Waals surface area contributed by atoms with Crippen LogP contribution < -0.4 is 0 Å². The monoisotopic (exact) mass is 275 g/mol. The van der Waals surface area contributed by atoms with E-state index in [4.69, 9.17) is 9.94 Å². The molecule has 18 heavy (non-hydrogen) atoms. The second-order valence-electron chi connectivity index (χ2n) is 3.67. The molecule has 0 aliphatic carbocycles. The molecule has 0 atom stereocenters. The van der Waals surface area contributed by atoms with E-state index in [2.05, 4.69) is 0 Å². The summed E-state index contributed by atoms with van der Waals surface area (Å²) in [5.41, 5.74) is -0.311. The predicted octanol–water partition coefficient (Wildman–Crippen LogP) is 0.850. The van der Waals surface area contributed by atoms with Crippen molar-refractivity contribution in [2.75, 3.05) is 13.2 Å². The zero-order valence-corrected chi connectivity index (χ0v) is 9.98. The molecule has 6 nitrogen and oxygen atoms in total. The summed E-state index contributed by atoms with van der Waals surface area (Å²) in [5, 5.41) is 8.66. The van der Waals surface area contributed by atoms with Crippen molar-refractivity contribution >= 4 is 16.0 Å². The number of hydroxylamine groups is 1. The van der Waals surface area contributed by atoms with Crippen LogP contribution in [0.2, 0.25) is 0 Å². The first-order valence-electron chi connectivity index (χ1n) is 5.11. The molecule has 1 aliphatic rings. The van der Waals surface area contributed by atoms with Gasteiger partial charge in [0, 0.05) is 6.54 Å². The van der Waals surface area contributed by atoms with Gasteiger partial charge in [0.15, 0.2) is 0 Å². The van der Waals surface area contributed by atoms with Crippen LogP contribution in [-0.2, 0) is 14.9 Å². The minimum absolute atomic E-state index is 0.155. The molecule has 0 amide bonds. The second kappa shape index (κ2) is 4.63. The van der Waals surface area contributed by atoms with E-state index < -0.39 is 26.7 Å². The molecule has 8 heteroatoms. The third-order valence-electron chi connectivity index (χ3n) is 2.45. The van der Waals surface area contributed by atoms with Gasteiger partial charge in [-0.05, 0) is 24.6 Å². The van der Waals surface area contributed by atoms with Gasteiger partial charge in [-0.15, -0.1) is 0 Å². The smallest absolute Gasteiger partial charge is 0.335 e. The lowest BCUT2D eigenvalue weighted by Crippen LogP contribution is -2.27. The van der Waals surface area contributed by atoms with Crippen LogP contribution in [-0.4, -0.2) is 37.1 Å². The number of hydrogen-bond acceptors (Lipinski definition) is 4. The zero-order valence-electron chi connectivity index (χ0n) is 9.17. The van der Waals surface area contributed by atoms with Gasteiger partial charge in [-0.1, -0.05) is 4.47 Å². The van der Waals surface area contributed by atoms with E-state index >= 15 is 0 Å². The lowest BCUT2D eigenvalue weighted by Gasteiger charge is -2.14. The fourth-order valence-electron chi connectivity index (χ4n) is 1.57. The van der Waals surface area contributed by atoms with Crippen molar-refractivity contribution < 1.29 is 27.5 Å². The van der Waals surface area contributed by atoms with E-state index in [0.717, 1.165) is 12.1 Å². The van der Waals surface area contributed by atoms with Crippen molar-refractivity contribution in [3.63, 3.8) is 0 Å². The van der Waals surface area contributed by atoms with Crippen LogP contribution in [0.4, 0.5) is 4.39 Å². The maximum absolute atomic E-state index is 13.6. The van der Waals surface area contributed by atoms with Gasteiger partial charge in [0.1, 0.15) is 10.7 Å². The highest BCUT2D eigenvalue weighted by Crippen LogP contribution is 2.23. The lowest BCUT2D eigenvalue weighted by atomic mass is 10.2. The van der Waals surface area contributed by atoms with Gasteiger partial charge in [0.2, 0.25) is 0 Å². The topological polar surface area (TPSA) is 83.9 Å². The van der Waals surface area contributed by atoms with Crippen LogP contribution in [0.15, 0.2) is 23.1 Å². The first-order valence-corrected chi connectivity index (χ1v) is 6.55. The fraction of sp³-hybridized carbons (Fsp3) is 0.300. The summed E-state index contributed by atoms with van der Waals surface area (Å²) in [7, 11) is -4.07. The minimum Gasteiger partial charge on any atom is -0.478 e. The normalized spacial score (nSPS) is 16.9. The van der Waals surface area contributed by atoms with Crippen LogP contribution in [0, 0.1) is 5.82 Å². The van der Waals surface area contributed by atoms with E-state index in [0.29, 0.717) is 17.0 Å². The Balaban J connectivity index is 2.42. The van der Waals surface area contributed by atoms with E-state index in [9.17, 15) is 17.6 Å². The molecular formula is C10H10FNO5S. The van der Waals surface area contributed by atoms with E-state index in [-0.39, 0.29) is 18.7 Å². The largest absolute Gasteiger partial charge is 0.478 e. The molecule has 1 aromatic rings. The molecule has 1 aromatic carbocycles. The summed E-state index contributed by atoms with van der Waals surface area (Å²) in [6, 6.07) is 2.63. The number of carboxylic acids is 1. The molecule has 1 saturated heterocycles. The summed E-state index contributed by atoms with van der Waals surface area (Å²) in [5.74, 6) is -2.43. The van der Waals surface area contributed by atoms with Gasteiger partial charge in [-0.25, -0.2) is 17.6 Å². The number of carbonyl (C=O) groups is 1. The molecule has 0 bridgehead atoms. The molecule has 1 N–H and O–H groups in total. The Morgan fingerprint density at radius 3 is 2.67 bits per heavy atom. The summed E-state index contributed by atoms with van der Waals surface area (Å²) in [6.45, 7) is 0.413. The highest BCUT2D eigenvalue weighted by molar-refractivity contribution is 7.89. The molecule has 1 heterocycles. The van der Waals surface area contributed by atoms with Crippen molar-refractivity contribution in [2.45, 2.75) is 11.3 Å². The van der Waals surface area contributed by atoms with Crippen molar-refractivity contribution in [1.82, 2.24) is 4.47 Å². The maximum atomic E-state index is 13.6. The highest BCUT2D eigenvalue weighted by Gasteiger charge is 2.31. The fourth-order valence-corrected chi connectivity index (χ4v) is 2.91. The number of hydrogen-bond donors (Lipinski definition) is 1. The molecular weight excluding hydrogens is 265 g/mol. The van der Waals surface area contributed by atoms with Gasteiger partial charge in [-0.2, -0.15) is 0 Å². The van der Waals surface area contributed by atoms with Gasteiger partial charge in [-0.3, -0.25) is 4.84 Å². The Labute approximate surface area is 103 Å². The molecule has 0 aromatic heterocycles. The van der Waals surface area contributed by atoms with Gasteiger partial charge < -0.3 is 5.11 Å². The van der Waals surface area contributed by atoms with Gasteiger partial charge in [0.25, 0.3) is 10.0 Å². The Kier molecular flexibility index (Phi) is 3.33. The lowest BCUT2D eigenvalue weighted by molar-refractivity contribution is -0.0286. The second-order valence-corrected chi connectivity index (χ2v) is 5.47. The number of carboxylic acid groups (broad SMARTS) is 1. The molecule has 1 aliphatic heterocycles. The standard InChI is InChI=1S/C10H10FNO5S/c11-8-6-7(10(13)14)2-3-9(8)18(15,16)12-4-1-5-17-12/h2-3,6H,1,4-5H2,(H,13,14). The van der Waals surface area contributed by atoms with Crippen LogP contribution in [0.25, 0.3) is 0 Å². The Morgan fingerprint density at radius 2 is 2.17 bits per heavy atom. The summed E-state index contributed by atoms with van der Waals surface area (Å²) in [4.78, 5) is 14.9. The predicted molar refractivity (Wildman–Crippen MR) is 57.8 cm³/mol. The summed E-state index contributed by atoms with van der Waals surface area (Å²) < 4.78 is 38.2. The van der Waals surface area contributed by atoms with Crippen molar-refractivity contribution in [3.05, 3.63) is 29.6 Å². The number of sulfonamides is 1. The molecule has 0 radical (unpaired) electrons. The summed E-state index contributed by atoms with van der Waals surface area (Å²) >= 11 is 0. The Bertz CT molecular complexity index is 580. The quantitative estimate of drug-likeness (QED) is 0.884. The zero-order chi connectivity index (χ0) is 13.3. The highest BCUT2D eigenvalue weighted by atomic mass is 32.2. The van der Waals surface area contributed by atoms with Crippen LogP contribution in [0.3, 0.4) is 0 Å². The third kappa shape index (κ3) is 2.22. The maximum Gasteiger partial charge on any atom is 0.335 e. The molecule has 98 valence electrons. The molecule has 2 rings (SSSR count). The van der Waals surface area contributed by atoms with Gasteiger partial charge in [0.05, 0.1) is 12.2 Å². The third-order valence-corrected chi connectivity index (χ3v) is 4.16. The number of nitrogens with zero attached hydrogens (tertiary/aromatic N) is 1. The van der Waals surface area contributed by atoms with Crippen LogP contribution >= 0.6 is 0 Å². The van der Waals surface area contributed by atoms with E-state index in [1.807, 2.05) is 0 Å². The summed E-state index contributed by atoms with van der Waals surface area (Å²) in [6.07, 6.45) is 0.536. The van der Waals surface area contributed by atoms with Crippen LogP contribution in [0.1, 0.15) is 16.8 Å². The number of aromatic carboxylic acids is 1.